The first-order chi connectivity index (χ1) is 7.34. The van der Waals surface area contributed by atoms with Gasteiger partial charge in [0.2, 0.25) is 11.8 Å². The second-order valence-corrected chi connectivity index (χ2v) is 4.41. The van der Waals surface area contributed by atoms with Crippen LogP contribution in [0.25, 0.3) is 0 Å². The van der Waals surface area contributed by atoms with Crippen molar-refractivity contribution in [2.45, 2.75) is 46.2 Å². The number of rotatable bonds is 6. The van der Waals surface area contributed by atoms with Crippen LogP contribution in [0.2, 0.25) is 0 Å². The van der Waals surface area contributed by atoms with Gasteiger partial charge in [0.25, 0.3) is 0 Å². The Balaban J connectivity index is 0. The Morgan fingerprint density at radius 2 is 1.71 bits per heavy atom. The first-order valence-electron chi connectivity index (χ1n) is 5.67. The molecule has 0 aromatic heterocycles. The van der Waals surface area contributed by atoms with Crippen molar-refractivity contribution in [3.8, 4) is 0 Å². The minimum atomic E-state index is -0.229. The van der Waals surface area contributed by atoms with Gasteiger partial charge in [0.15, 0.2) is 0 Å². The molecule has 5 nitrogen and oxygen atoms in total. The van der Waals surface area contributed by atoms with Gasteiger partial charge >= 0.3 is 0 Å². The van der Waals surface area contributed by atoms with E-state index in [0.29, 0.717) is 13.0 Å². The van der Waals surface area contributed by atoms with Crippen molar-refractivity contribution in [2.75, 3.05) is 6.54 Å². The fourth-order valence-corrected chi connectivity index (χ4v) is 1.09. The number of hydrogen-bond acceptors (Lipinski definition) is 3. The Labute approximate surface area is 109 Å². The second kappa shape index (κ2) is 9.24. The van der Waals surface area contributed by atoms with Crippen LogP contribution < -0.4 is 16.4 Å². The van der Waals surface area contributed by atoms with E-state index < -0.39 is 0 Å². The molecule has 0 heterocycles. The van der Waals surface area contributed by atoms with Crippen molar-refractivity contribution in [1.82, 2.24) is 10.6 Å². The van der Waals surface area contributed by atoms with Gasteiger partial charge in [0.1, 0.15) is 0 Å². The molecule has 2 atom stereocenters. The van der Waals surface area contributed by atoms with E-state index in [1.165, 1.54) is 0 Å². The van der Waals surface area contributed by atoms with Crippen LogP contribution in [0.15, 0.2) is 0 Å². The van der Waals surface area contributed by atoms with E-state index >= 15 is 0 Å². The molecule has 0 saturated heterocycles. The second-order valence-electron chi connectivity index (χ2n) is 4.41. The van der Waals surface area contributed by atoms with E-state index in [9.17, 15) is 9.59 Å². The summed E-state index contributed by atoms with van der Waals surface area (Å²) >= 11 is 0. The van der Waals surface area contributed by atoms with Crippen molar-refractivity contribution in [1.29, 1.82) is 0 Å². The molecule has 0 spiro atoms. The van der Waals surface area contributed by atoms with E-state index in [2.05, 4.69) is 10.6 Å². The van der Waals surface area contributed by atoms with Gasteiger partial charge in [0, 0.05) is 31.0 Å². The highest BCUT2D eigenvalue weighted by atomic mass is 35.5. The normalized spacial score (nSPS) is 13.5. The van der Waals surface area contributed by atoms with Crippen LogP contribution in [0.4, 0.5) is 0 Å². The predicted octanol–water partition coefficient (Wildman–Crippen LogP) is 0.422. The largest absolute Gasteiger partial charge is 0.355 e. The Morgan fingerprint density at radius 1 is 1.18 bits per heavy atom. The van der Waals surface area contributed by atoms with Gasteiger partial charge in [-0.15, -0.1) is 12.4 Å². The molecular formula is C11H24ClN3O2. The summed E-state index contributed by atoms with van der Waals surface area (Å²) in [6.07, 6.45) is 0.301. The van der Waals surface area contributed by atoms with Crippen molar-refractivity contribution >= 4 is 24.2 Å². The number of amides is 2. The molecule has 0 aromatic carbocycles. The van der Waals surface area contributed by atoms with Gasteiger partial charge in [-0.3, -0.25) is 9.59 Å². The van der Waals surface area contributed by atoms with Crippen molar-refractivity contribution in [3.05, 3.63) is 0 Å². The molecule has 0 saturated carbocycles. The standard InChI is InChI=1S/C11H23N3O2.ClH/c1-7(2)14-10(15)5-6-13-11(16)8(3)9(4)12;/h7-9H,5-6,12H2,1-4H3,(H,13,16)(H,14,15);1H. The molecule has 0 aliphatic rings. The van der Waals surface area contributed by atoms with E-state index in [1.807, 2.05) is 13.8 Å². The molecule has 0 bridgehead atoms. The SMILES string of the molecule is CC(C)NC(=O)CCNC(=O)C(C)C(C)N.Cl. The fourth-order valence-electron chi connectivity index (χ4n) is 1.09. The predicted molar refractivity (Wildman–Crippen MR) is 71.0 cm³/mol. The average Bonchev–Trinajstić information content (AvgIpc) is 2.14. The van der Waals surface area contributed by atoms with Gasteiger partial charge in [-0.05, 0) is 20.8 Å². The molecule has 102 valence electrons. The number of halogens is 1. The maximum atomic E-state index is 11.5. The zero-order valence-corrected chi connectivity index (χ0v) is 11.8. The van der Waals surface area contributed by atoms with Gasteiger partial charge in [-0.1, -0.05) is 6.92 Å². The molecule has 6 heteroatoms. The summed E-state index contributed by atoms with van der Waals surface area (Å²) in [5.41, 5.74) is 5.59. The molecule has 0 aliphatic heterocycles. The summed E-state index contributed by atoms with van der Waals surface area (Å²) in [5.74, 6) is -0.385. The third kappa shape index (κ3) is 8.94. The van der Waals surface area contributed by atoms with Crippen LogP contribution in [-0.4, -0.2) is 30.4 Å². The highest BCUT2D eigenvalue weighted by molar-refractivity contribution is 5.85. The van der Waals surface area contributed by atoms with Crippen molar-refractivity contribution < 1.29 is 9.59 Å². The van der Waals surface area contributed by atoms with Gasteiger partial charge in [-0.2, -0.15) is 0 Å². The molecule has 0 aliphatic carbocycles. The Kier molecular flexibility index (Phi) is 10.1. The minimum Gasteiger partial charge on any atom is -0.355 e. The third-order valence-corrected chi connectivity index (χ3v) is 2.30. The molecule has 17 heavy (non-hydrogen) atoms. The quantitative estimate of drug-likeness (QED) is 0.651. The molecule has 4 N–H and O–H groups in total. The highest BCUT2D eigenvalue weighted by Crippen LogP contribution is 1.98. The lowest BCUT2D eigenvalue weighted by Gasteiger charge is -2.15. The van der Waals surface area contributed by atoms with E-state index in [4.69, 9.17) is 5.73 Å². The van der Waals surface area contributed by atoms with Crippen LogP contribution >= 0.6 is 12.4 Å². The van der Waals surface area contributed by atoms with Gasteiger partial charge < -0.3 is 16.4 Å². The molecule has 0 aromatic rings. The summed E-state index contributed by atoms with van der Waals surface area (Å²) in [7, 11) is 0. The number of nitrogens with one attached hydrogen (secondary N) is 2. The highest BCUT2D eigenvalue weighted by Gasteiger charge is 2.16. The van der Waals surface area contributed by atoms with Crippen molar-refractivity contribution in [3.63, 3.8) is 0 Å². The summed E-state index contributed by atoms with van der Waals surface area (Å²) in [6, 6.07) is -0.0457. The molecular weight excluding hydrogens is 242 g/mol. The number of carbonyl (C=O) groups is 2. The number of hydrogen-bond donors (Lipinski definition) is 3. The third-order valence-electron chi connectivity index (χ3n) is 2.30. The van der Waals surface area contributed by atoms with Crippen LogP contribution in [0.3, 0.4) is 0 Å². The lowest BCUT2D eigenvalue weighted by atomic mass is 10.0. The Morgan fingerprint density at radius 3 is 2.12 bits per heavy atom. The summed E-state index contributed by atoms with van der Waals surface area (Å²) in [6.45, 7) is 7.71. The molecule has 0 fully saturated rings. The number of carbonyl (C=O) groups excluding carboxylic acids is 2. The molecule has 2 unspecified atom stereocenters. The van der Waals surface area contributed by atoms with E-state index in [1.54, 1.807) is 13.8 Å². The lowest BCUT2D eigenvalue weighted by Crippen LogP contribution is -2.40. The van der Waals surface area contributed by atoms with E-state index in [-0.39, 0.29) is 42.2 Å². The van der Waals surface area contributed by atoms with Crippen molar-refractivity contribution in [2.24, 2.45) is 11.7 Å². The molecule has 2 amide bonds. The smallest absolute Gasteiger partial charge is 0.224 e. The zero-order valence-electron chi connectivity index (χ0n) is 10.9. The topological polar surface area (TPSA) is 84.2 Å². The summed E-state index contributed by atoms with van der Waals surface area (Å²) < 4.78 is 0. The van der Waals surface area contributed by atoms with Crippen LogP contribution in [0.1, 0.15) is 34.1 Å². The summed E-state index contributed by atoms with van der Waals surface area (Å²) in [4.78, 5) is 22.7. The van der Waals surface area contributed by atoms with E-state index in [0.717, 1.165) is 0 Å². The van der Waals surface area contributed by atoms with Gasteiger partial charge in [0.05, 0.1) is 0 Å². The monoisotopic (exact) mass is 265 g/mol. The minimum absolute atomic E-state index is 0. The first kappa shape index (κ1) is 18.6. The van der Waals surface area contributed by atoms with Crippen LogP contribution in [0, 0.1) is 5.92 Å². The van der Waals surface area contributed by atoms with Gasteiger partial charge in [-0.25, -0.2) is 0 Å². The zero-order chi connectivity index (χ0) is 12.7. The Bertz CT molecular complexity index is 245. The maximum absolute atomic E-state index is 11.5. The Hall–Kier alpha value is -0.810. The first-order valence-corrected chi connectivity index (χ1v) is 5.67. The maximum Gasteiger partial charge on any atom is 0.224 e. The number of nitrogens with two attached hydrogens (primary N) is 1. The molecule has 0 rings (SSSR count). The average molecular weight is 266 g/mol. The summed E-state index contributed by atoms with van der Waals surface area (Å²) in [5, 5.41) is 5.44. The lowest BCUT2D eigenvalue weighted by molar-refractivity contribution is -0.125. The molecule has 0 radical (unpaired) electrons. The fraction of sp³-hybridized carbons (Fsp3) is 0.818. The van der Waals surface area contributed by atoms with Crippen LogP contribution in [-0.2, 0) is 9.59 Å². The van der Waals surface area contributed by atoms with Crippen LogP contribution in [0.5, 0.6) is 0 Å².